The van der Waals surface area contributed by atoms with Crippen LogP contribution in [0.4, 0.5) is 0 Å². The van der Waals surface area contributed by atoms with Gasteiger partial charge in [-0.05, 0) is 81.4 Å². The Balaban J connectivity index is 0.00000756. The van der Waals surface area contributed by atoms with Crippen molar-refractivity contribution >= 4 is 23.6 Å². The van der Waals surface area contributed by atoms with E-state index in [2.05, 4.69) is 198 Å². The van der Waals surface area contributed by atoms with E-state index in [1.165, 1.54) is 72.6 Å². The van der Waals surface area contributed by atoms with Gasteiger partial charge in [-0.3, -0.25) is 6.08 Å². The molecule has 1 aliphatic carbocycles. The van der Waals surface area contributed by atoms with Crippen molar-refractivity contribution in [1.82, 2.24) is 0 Å². The molecule has 0 aliphatic heterocycles. The van der Waals surface area contributed by atoms with Gasteiger partial charge in [-0.15, -0.1) is 6.42 Å². The summed E-state index contributed by atoms with van der Waals surface area (Å²) in [6.45, 7) is 45.4. The fourth-order valence-electron chi connectivity index (χ4n) is 7.52. The fourth-order valence-corrected chi connectivity index (χ4v) is 12.7. The van der Waals surface area contributed by atoms with Gasteiger partial charge < -0.3 is 37.2 Å². The van der Waals surface area contributed by atoms with Crippen molar-refractivity contribution in [3.8, 4) is 0 Å². The number of rotatable bonds is 7. The largest absolute Gasteiger partial charge is 4.00 e. The first-order valence-corrected chi connectivity index (χ1v) is 22.3. The molecule has 3 aromatic rings. The molecule has 56 heavy (non-hydrogen) atoms. The van der Waals surface area contributed by atoms with Crippen molar-refractivity contribution in [2.24, 2.45) is 0 Å². The molecule has 0 fully saturated rings. The zero-order valence-electron chi connectivity index (χ0n) is 38.7. The van der Waals surface area contributed by atoms with Gasteiger partial charge in [0.1, 0.15) is 8.07 Å². The van der Waals surface area contributed by atoms with Crippen LogP contribution in [0.25, 0.3) is 0 Å². The zero-order chi connectivity index (χ0) is 39.5. The molecule has 0 nitrogen and oxygen atoms in total. The standard InChI is InChI=1S/C51H75Si.3ClH.Ti/c1-20-21-23-35-24-22-25-45(35)52(42-29-36(46(2,3)4)26-37(30-42)47(5,6)7,43-31-38(48(8,9)10)27-39(32-43)49(11,12)13)44-33-40(50(14,15)16)28-41(34-44)51(17,18)19;;;;/h24,26-34H,20-23H2,1-19H3;3*1H;/q-1;;;;+4/p-3. The topological polar surface area (TPSA) is 0 Å². The summed E-state index contributed by atoms with van der Waals surface area (Å²) >= 11 is 0. The van der Waals surface area contributed by atoms with Gasteiger partial charge in [0, 0.05) is 0 Å². The van der Waals surface area contributed by atoms with Crippen molar-refractivity contribution in [2.45, 2.75) is 190 Å². The van der Waals surface area contributed by atoms with Crippen LogP contribution in [0.3, 0.4) is 0 Å². The van der Waals surface area contributed by atoms with Crippen LogP contribution in [0.5, 0.6) is 0 Å². The van der Waals surface area contributed by atoms with Crippen LogP contribution in [0.15, 0.2) is 71.4 Å². The van der Waals surface area contributed by atoms with Crippen LogP contribution >= 0.6 is 0 Å². The Hall–Kier alpha value is -1.06. The number of unbranched alkanes of at least 4 members (excludes halogenated alkanes) is 1. The molecule has 0 heterocycles. The van der Waals surface area contributed by atoms with E-state index in [0.29, 0.717) is 0 Å². The first kappa shape index (κ1) is 54.9. The molecule has 5 heteroatoms. The molecule has 308 valence electrons. The molecule has 0 spiro atoms. The van der Waals surface area contributed by atoms with Crippen molar-refractivity contribution in [3.63, 3.8) is 0 Å². The van der Waals surface area contributed by atoms with Gasteiger partial charge in [-0.2, -0.15) is 6.08 Å². The predicted molar refractivity (Wildman–Crippen MR) is 235 cm³/mol. The summed E-state index contributed by atoms with van der Waals surface area (Å²) in [6, 6.07) is 23.4. The molecule has 3 aromatic carbocycles. The second-order valence-corrected chi connectivity index (χ2v) is 26.0. The van der Waals surface area contributed by atoms with Crippen molar-refractivity contribution in [1.29, 1.82) is 0 Å². The zero-order valence-corrected chi connectivity index (χ0v) is 43.6. The first-order chi connectivity index (χ1) is 23.5. The number of hydrogen-bond donors (Lipinski definition) is 0. The van der Waals surface area contributed by atoms with Crippen LogP contribution in [-0.4, -0.2) is 8.07 Å². The Morgan fingerprint density at radius 3 is 0.911 bits per heavy atom. The number of hydrogen-bond acceptors (Lipinski definition) is 0. The Kier molecular flexibility index (Phi) is 18.8. The van der Waals surface area contributed by atoms with Crippen molar-refractivity contribution in [3.05, 3.63) is 111 Å². The Morgan fingerprint density at radius 2 is 0.696 bits per heavy atom. The van der Waals surface area contributed by atoms with Crippen LogP contribution in [0.1, 0.15) is 191 Å². The third-order valence-corrected chi connectivity index (χ3v) is 16.1. The SMILES string of the molecule is CCCCC1=CC[C-]=C1[Si](c1cc(C(C)(C)C)cc(C(C)(C)C)c1)(c1cc(C(C)(C)C)cc(C(C)(C)C)c1)c1cc(C(C)(C)C)cc(C(C)(C)C)c1.[Cl-].[Cl-].[Cl-].[Ti+4]. The molecule has 0 aromatic heterocycles. The minimum atomic E-state index is -3.03. The van der Waals surface area contributed by atoms with E-state index in [0.717, 1.165) is 12.8 Å². The summed E-state index contributed by atoms with van der Waals surface area (Å²) < 4.78 is 0. The summed E-state index contributed by atoms with van der Waals surface area (Å²) in [5.74, 6) is 0. The molecule has 0 N–H and O–H groups in total. The van der Waals surface area contributed by atoms with Gasteiger partial charge in [0.25, 0.3) is 0 Å². The Bertz CT molecular complexity index is 1560. The molecule has 0 saturated carbocycles. The van der Waals surface area contributed by atoms with E-state index in [1.807, 2.05) is 0 Å². The fraction of sp³-hybridized carbons (Fsp3) is 0.569. The summed E-state index contributed by atoms with van der Waals surface area (Å²) in [6.07, 6.45) is 11.1. The van der Waals surface area contributed by atoms with Gasteiger partial charge in [0.15, 0.2) is 0 Å². The average Bonchev–Trinajstić information content (AvgIpc) is 3.46. The van der Waals surface area contributed by atoms with Gasteiger partial charge >= 0.3 is 21.7 Å². The predicted octanol–water partition coefficient (Wildman–Crippen LogP) is 3.74. The van der Waals surface area contributed by atoms with E-state index >= 15 is 0 Å². The van der Waals surface area contributed by atoms with Gasteiger partial charge in [0.2, 0.25) is 0 Å². The maximum absolute atomic E-state index is 4.19. The average molecular weight is 870 g/mol. The molecule has 4 rings (SSSR count). The molecule has 0 bridgehead atoms. The van der Waals surface area contributed by atoms with Crippen LogP contribution in [-0.2, 0) is 54.2 Å². The third kappa shape index (κ3) is 12.0. The van der Waals surface area contributed by atoms with E-state index < -0.39 is 8.07 Å². The Morgan fingerprint density at radius 1 is 0.446 bits per heavy atom. The molecular weight excluding hydrogens is 795 g/mol. The minimum absolute atomic E-state index is 0. The summed E-state index contributed by atoms with van der Waals surface area (Å²) in [5.41, 5.74) is 10.1. The molecule has 1 aliphatic rings. The van der Waals surface area contributed by atoms with E-state index in [4.69, 9.17) is 0 Å². The second-order valence-electron chi connectivity index (χ2n) is 22.2. The van der Waals surface area contributed by atoms with E-state index in [9.17, 15) is 0 Å². The number of halogens is 3. The van der Waals surface area contributed by atoms with Crippen LogP contribution in [0, 0.1) is 6.08 Å². The number of benzene rings is 3. The maximum Gasteiger partial charge on any atom is 4.00 e. The maximum atomic E-state index is 4.19. The first-order valence-electron chi connectivity index (χ1n) is 20.3. The summed E-state index contributed by atoms with van der Waals surface area (Å²) in [7, 11) is -3.03. The normalized spacial score (nSPS) is 14.1. The number of allylic oxidation sites excluding steroid dienone is 4. The van der Waals surface area contributed by atoms with Gasteiger partial charge in [-0.25, -0.2) is 10.8 Å². The molecule has 0 radical (unpaired) electrons. The molecule has 0 amide bonds. The van der Waals surface area contributed by atoms with Crippen LogP contribution < -0.4 is 52.8 Å². The van der Waals surface area contributed by atoms with Crippen LogP contribution in [0.2, 0.25) is 0 Å². The van der Waals surface area contributed by atoms with E-state index in [-0.39, 0.29) is 91.4 Å². The molecule has 0 unspecified atom stereocenters. The summed E-state index contributed by atoms with van der Waals surface area (Å²) in [5, 5.41) is 6.03. The van der Waals surface area contributed by atoms with Crippen molar-refractivity contribution in [2.75, 3.05) is 0 Å². The molecule has 0 saturated heterocycles. The van der Waals surface area contributed by atoms with Gasteiger partial charge in [-0.1, -0.05) is 205 Å². The smallest absolute Gasteiger partial charge is 1.00 e. The molecular formula is C51H75Cl3SiTi. The summed E-state index contributed by atoms with van der Waals surface area (Å²) in [4.78, 5) is 0. The quantitative estimate of drug-likeness (QED) is 0.193. The monoisotopic (exact) mass is 868 g/mol. The van der Waals surface area contributed by atoms with Gasteiger partial charge in [0.05, 0.1) is 0 Å². The Labute approximate surface area is 380 Å². The van der Waals surface area contributed by atoms with Crippen molar-refractivity contribution < 1.29 is 58.9 Å². The molecule has 0 atom stereocenters. The van der Waals surface area contributed by atoms with E-state index in [1.54, 1.807) is 0 Å². The minimum Gasteiger partial charge on any atom is -1.00 e. The third-order valence-electron chi connectivity index (χ3n) is 11.4. The second kappa shape index (κ2) is 19.1.